The lowest BCUT2D eigenvalue weighted by Crippen LogP contribution is -2.42. The van der Waals surface area contributed by atoms with Gasteiger partial charge in [-0.2, -0.15) is 0 Å². The highest BCUT2D eigenvalue weighted by Gasteiger charge is 2.46. The lowest BCUT2D eigenvalue weighted by molar-refractivity contribution is -0.143. The van der Waals surface area contributed by atoms with Gasteiger partial charge in [0, 0.05) is 23.9 Å². The fraction of sp³-hybridized carbons (Fsp3) is 0.474. The second kappa shape index (κ2) is 5.74. The number of benzene rings is 1. The Kier molecular flexibility index (Phi) is 3.68. The summed E-state index contributed by atoms with van der Waals surface area (Å²) in [7, 11) is 1.43. The molecule has 0 amide bonds. The first-order chi connectivity index (χ1) is 11.7. The van der Waals surface area contributed by atoms with Gasteiger partial charge in [0.2, 0.25) is 0 Å². The second-order valence-corrected chi connectivity index (χ2v) is 6.68. The number of hydrogen-bond acceptors (Lipinski definition) is 5. The van der Waals surface area contributed by atoms with Crippen LogP contribution in [0.3, 0.4) is 0 Å². The lowest BCUT2D eigenvalue weighted by atomic mass is 9.87. The van der Waals surface area contributed by atoms with E-state index in [9.17, 15) is 4.79 Å². The molecule has 0 bridgehead atoms. The van der Waals surface area contributed by atoms with Gasteiger partial charge in [0.05, 0.1) is 18.3 Å². The molecule has 3 heterocycles. The van der Waals surface area contributed by atoms with Crippen molar-refractivity contribution in [3.05, 3.63) is 35.5 Å². The monoisotopic (exact) mass is 326 g/mol. The van der Waals surface area contributed by atoms with Gasteiger partial charge in [0.1, 0.15) is 17.4 Å². The minimum atomic E-state index is -0.333. The number of pyridine rings is 1. The molecule has 1 fully saturated rings. The topological polar surface area (TPSA) is 60.5 Å². The van der Waals surface area contributed by atoms with Crippen molar-refractivity contribution in [1.29, 1.82) is 0 Å². The summed E-state index contributed by atoms with van der Waals surface area (Å²) in [5.41, 5.74) is 2.96. The van der Waals surface area contributed by atoms with E-state index in [2.05, 4.69) is 24.4 Å². The molecule has 5 heteroatoms. The maximum absolute atomic E-state index is 11.8. The van der Waals surface area contributed by atoms with Crippen LogP contribution in [0.5, 0.6) is 5.75 Å². The Morgan fingerprint density at radius 3 is 3.08 bits per heavy atom. The number of rotatable bonds is 2. The predicted octanol–water partition coefficient (Wildman–Crippen LogP) is 2.40. The maximum atomic E-state index is 11.8. The zero-order chi connectivity index (χ0) is 16.7. The number of carbonyl (C=O) groups excluding carboxylic acids is 1. The SMILES string of the molecule is CCc1nc2ccccc2c2c1OC1(CC2)CN[C@H](C(=O)OC)C1. The van der Waals surface area contributed by atoms with Crippen LogP contribution in [0.4, 0.5) is 0 Å². The molecule has 126 valence electrons. The van der Waals surface area contributed by atoms with Crippen LogP contribution in [-0.4, -0.2) is 36.3 Å². The highest BCUT2D eigenvalue weighted by Crippen LogP contribution is 2.42. The molecular formula is C19H22N2O3. The fourth-order valence-corrected chi connectivity index (χ4v) is 3.95. The van der Waals surface area contributed by atoms with E-state index in [1.165, 1.54) is 18.1 Å². The van der Waals surface area contributed by atoms with Gasteiger partial charge in [-0.05, 0) is 25.3 Å². The van der Waals surface area contributed by atoms with E-state index in [0.717, 1.165) is 36.2 Å². The fourth-order valence-electron chi connectivity index (χ4n) is 3.95. The molecule has 0 aliphatic carbocycles. The van der Waals surface area contributed by atoms with Crippen molar-refractivity contribution < 1.29 is 14.3 Å². The summed E-state index contributed by atoms with van der Waals surface area (Å²) in [6, 6.07) is 7.96. The van der Waals surface area contributed by atoms with Crippen molar-refractivity contribution in [1.82, 2.24) is 10.3 Å². The Hall–Kier alpha value is -2.14. The van der Waals surface area contributed by atoms with E-state index >= 15 is 0 Å². The third-order valence-electron chi connectivity index (χ3n) is 5.24. The van der Waals surface area contributed by atoms with Gasteiger partial charge in [0.15, 0.2) is 0 Å². The highest BCUT2D eigenvalue weighted by molar-refractivity contribution is 5.85. The largest absolute Gasteiger partial charge is 0.484 e. The first-order valence-corrected chi connectivity index (χ1v) is 8.56. The molecule has 2 aliphatic heterocycles. The number of fused-ring (bicyclic) bond motifs is 3. The Labute approximate surface area is 141 Å². The number of nitrogens with zero attached hydrogens (tertiary/aromatic N) is 1. The maximum Gasteiger partial charge on any atom is 0.323 e. The molecule has 5 nitrogen and oxygen atoms in total. The Balaban J connectivity index is 1.73. The number of methoxy groups -OCH3 is 1. The summed E-state index contributed by atoms with van der Waals surface area (Å²) < 4.78 is 11.4. The standard InChI is InChI=1S/C19H22N2O3/c1-3-14-17-13(12-6-4-5-7-15(12)21-14)8-9-19(24-17)10-16(20-11-19)18(22)23-2/h4-7,16,20H,3,8-11H2,1-2H3/t16-,19?/m0/s1. The molecule has 0 radical (unpaired) electrons. The van der Waals surface area contributed by atoms with Crippen molar-refractivity contribution in [2.24, 2.45) is 0 Å². The number of aryl methyl sites for hydroxylation is 2. The summed E-state index contributed by atoms with van der Waals surface area (Å²) >= 11 is 0. The summed E-state index contributed by atoms with van der Waals surface area (Å²) in [5, 5.41) is 4.43. The predicted molar refractivity (Wildman–Crippen MR) is 91.2 cm³/mol. The average molecular weight is 326 g/mol. The first-order valence-electron chi connectivity index (χ1n) is 8.56. The molecule has 24 heavy (non-hydrogen) atoms. The third-order valence-corrected chi connectivity index (χ3v) is 5.24. The molecule has 1 aromatic carbocycles. The molecule has 2 aliphatic rings. The molecule has 1 unspecified atom stereocenters. The van der Waals surface area contributed by atoms with Crippen LogP contribution in [0, 0.1) is 0 Å². The number of para-hydroxylation sites is 1. The molecule has 4 rings (SSSR count). The Bertz CT molecular complexity index is 805. The molecule has 1 spiro atoms. The highest BCUT2D eigenvalue weighted by atomic mass is 16.5. The quantitative estimate of drug-likeness (QED) is 0.859. The van der Waals surface area contributed by atoms with E-state index < -0.39 is 0 Å². The minimum absolute atomic E-state index is 0.214. The number of nitrogens with one attached hydrogen (secondary N) is 1. The smallest absolute Gasteiger partial charge is 0.323 e. The van der Waals surface area contributed by atoms with Crippen LogP contribution in [-0.2, 0) is 22.4 Å². The van der Waals surface area contributed by atoms with Gasteiger partial charge < -0.3 is 14.8 Å². The van der Waals surface area contributed by atoms with E-state index in [0.29, 0.717) is 13.0 Å². The van der Waals surface area contributed by atoms with Crippen molar-refractivity contribution in [2.75, 3.05) is 13.7 Å². The van der Waals surface area contributed by atoms with Gasteiger partial charge in [-0.25, -0.2) is 4.98 Å². The van der Waals surface area contributed by atoms with Gasteiger partial charge >= 0.3 is 5.97 Å². The number of carbonyl (C=O) groups is 1. The van der Waals surface area contributed by atoms with Crippen molar-refractivity contribution in [2.45, 2.75) is 44.2 Å². The van der Waals surface area contributed by atoms with Crippen molar-refractivity contribution >= 4 is 16.9 Å². The van der Waals surface area contributed by atoms with E-state index in [-0.39, 0.29) is 17.6 Å². The number of hydrogen-bond donors (Lipinski definition) is 1. The summed E-state index contributed by atoms with van der Waals surface area (Å²) in [5.74, 6) is 0.711. The number of esters is 1. The molecule has 1 aromatic heterocycles. The van der Waals surface area contributed by atoms with Gasteiger partial charge in [-0.15, -0.1) is 0 Å². The van der Waals surface area contributed by atoms with Crippen LogP contribution < -0.4 is 10.1 Å². The van der Waals surface area contributed by atoms with E-state index in [4.69, 9.17) is 14.5 Å². The van der Waals surface area contributed by atoms with Gasteiger partial charge in [0.25, 0.3) is 0 Å². The van der Waals surface area contributed by atoms with Crippen LogP contribution in [0.15, 0.2) is 24.3 Å². The third kappa shape index (κ3) is 2.35. The van der Waals surface area contributed by atoms with Gasteiger partial charge in [-0.3, -0.25) is 4.79 Å². The zero-order valence-electron chi connectivity index (χ0n) is 14.1. The molecule has 0 saturated carbocycles. The molecule has 2 aromatic rings. The Morgan fingerprint density at radius 2 is 2.29 bits per heavy atom. The minimum Gasteiger partial charge on any atom is -0.484 e. The van der Waals surface area contributed by atoms with Crippen molar-refractivity contribution in [3.8, 4) is 5.75 Å². The Morgan fingerprint density at radius 1 is 1.46 bits per heavy atom. The normalized spacial score (nSPS) is 25.5. The lowest BCUT2D eigenvalue weighted by Gasteiger charge is -2.36. The molecular weight excluding hydrogens is 304 g/mol. The van der Waals surface area contributed by atoms with Crippen LogP contribution in [0.1, 0.15) is 31.0 Å². The average Bonchev–Trinajstić information content (AvgIpc) is 3.03. The molecule has 1 saturated heterocycles. The zero-order valence-corrected chi connectivity index (χ0v) is 14.1. The second-order valence-electron chi connectivity index (χ2n) is 6.68. The number of ether oxygens (including phenoxy) is 2. The first kappa shape index (κ1) is 15.4. The summed E-state index contributed by atoms with van der Waals surface area (Å²) in [4.78, 5) is 16.6. The van der Waals surface area contributed by atoms with E-state index in [1.807, 2.05) is 12.1 Å². The van der Waals surface area contributed by atoms with Crippen LogP contribution in [0.2, 0.25) is 0 Å². The van der Waals surface area contributed by atoms with E-state index in [1.54, 1.807) is 0 Å². The van der Waals surface area contributed by atoms with Crippen LogP contribution >= 0.6 is 0 Å². The van der Waals surface area contributed by atoms with Crippen molar-refractivity contribution in [3.63, 3.8) is 0 Å². The molecule has 2 atom stereocenters. The number of aromatic nitrogens is 1. The van der Waals surface area contributed by atoms with Gasteiger partial charge in [-0.1, -0.05) is 25.1 Å². The van der Waals surface area contributed by atoms with Crippen LogP contribution in [0.25, 0.3) is 10.9 Å². The molecule has 1 N–H and O–H groups in total. The summed E-state index contributed by atoms with van der Waals surface area (Å²) in [6.45, 7) is 2.77. The summed E-state index contributed by atoms with van der Waals surface area (Å²) in [6.07, 6.45) is 3.32.